The first-order valence-electron chi connectivity index (χ1n) is 4.76. The van der Waals surface area contributed by atoms with Crippen LogP contribution in [0.15, 0.2) is 12.3 Å². The number of nitrogens with one attached hydrogen (secondary N) is 2. The molecule has 1 rings (SSSR count). The molecule has 8 nitrogen and oxygen atoms in total. The van der Waals surface area contributed by atoms with Crippen LogP contribution in [-0.2, 0) is 0 Å². The second-order valence-electron chi connectivity index (χ2n) is 3.18. The zero-order valence-electron chi connectivity index (χ0n) is 8.93. The van der Waals surface area contributed by atoms with Crippen molar-refractivity contribution in [2.45, 2.75) is 0 Å². The van der Waals surface area contributed by atoms with Crippen LogP contribution >= 0.6 is 0 Å². The summed E-state index contributed by atoms with van der Waals surface area (Å²) in [5, 5.41) is 14.0. The van der Waals surface area contributed by atoms with Crippen LogP contribution in [0.4, 0.5) is 16.3 Å². The number of hydrogen-bond acceptors (Lipinski definition) is 5. The van der Waals surface area contributed by atoms with Crippen molar-refractivity contribution in [2.75, 3.05) is 24.1 Å². The molecule has 7 N–H and O–H groups in total. The number of aromatic carboxylic acids is 1. The zero-order chi connectivity index (χ0) is 12.8. The molecular formula is C9H13N5O3. The molecule has 92 valence electrons. The van der Waals surface area contributed by atoms with Crippen molar-refractivity contribution in [3.05, 3.63) is 17.8 Å². The monoisotopic (exact) mass is 239 g/mol. The first-order valence-corrected chi connectivity index (χ1v) is 4.76. The van der Waals surface area contributed by atoms with Crippen molar-refractivity contribution in [1.82, 2.24) is 10.3 Å². The fourth-order valence-corrected chi connectivity index (χ4v) is 1.12. The molecule has 2 amide bonds. The Morgan fingerprint density at radius 1 is 1.41 bits per heavy atom. The first kappa shape index (κ1) is 12.6. The van der Waals surface area contributed by atoms with Gasteiger partial charge in [0.15, 0.2) is 0 Å². The molecule has 0 fully saturated rings. The normalized spacial score (nSPS) is 9.65. The van der Waals surface area contributed by atoms with Gasteiger partial charge in [-0.25, -0.2) is 14.6 Å². The second kappa shape index (κ2) is 5.54. The van der Waals surface area contributed by atoms with E-state index in [1.54, 1.807) is 0 Å². The summed E-state index contributed by atoms with van der Waals surface area (Å²) in [7, 11) is 0. The van der Waals surface area contributed by atoms with Crippen LogP contribution in [0.25, 0.3) is 0 Å². The van der Waals surface area contributed by atoms with E-state index in [2.05, 4.69) is 15.6 Å². The minimum atomic E-state index is -1.12. The number of amides is 2. The Labute approximate surface area is 97.0 Å². The molecule has 0 aromatic carbocycles. The highest BCUT2D eigenvalue weighted by molar-refractivity contribution is 5.94. The van der Waals surface area contributed by atoms with Crippen LogP contribution in [0.3, 0.4) is 0 Å². The number of anilines is 2. The van der Waals surface area contributed by atoms with Gasteiger partial charge in [-0.15, -0.1) is 0 Å². The molecule has 1 aromatic heterocycles. The summed E-state index contributed by atoms with van der Waals surface area (Å²) < 4.78 is 0. The molecule has 8 heteroatoms. The summed E-state index contributed by atoms with van der Waals surface area (Å²) in [4.78, 5) is 25.1. The van der Waals surface area contributed by atoms with Crippen LogP contribution in [-0.4, -0.2) is 35.2 Å². The molecular weight excluding hydrogens is 226 g/mol. The van der Waals surface area contributed by atoms with Crippen LogP contribution in [0.5, 0.6) is 0 Å². The standard InChI is InChI=1S/C9H13N5O3/c10-6-4-14-7(3-5(6)8(15)16)12-1-2-13-9(11)17/h3-4H,1-2,10H2,(H,12,14)(H,15,16)(H3,11,13,17). The molecule has 1 heterocycles. The van der Waals surface area contributed by atoms with Gasteiger partial charge in [-0.1, -0.05) is 0 Å². The van der Waals surface area contributed by atoms with Crippen molar-refractivity contribution in [1.29, 1.82) is 0 Å². The number of primary amides is 1. The molecule has 0 saturated carbocycles. The highest BCUT2D eigenvalue weighted by atomic mass is 16.4. The highest BCUT2D eigenvalue weighted by Gasteiger charge is 2.09. The van der Waals surface area contributed by atoms with Crippen molar-refractivity contribution in [3.63, 3.8) is 0 Å². The summed E-state index contributed by atoms with van der Waals surface area (Å²) >= 11 is 0. The molecule has 17 heavy (non-hydrogen) atoms. The number of carbonyl (C=O) groups excluding carboxylic acids is 1. The number of carboxylic acid groups (broad SMARTS) is 1. The van der Waals surface area contributed by atoms with E-state index in [0.29, 0.717) is 18.9 Å². The van der Waals surface area contributed by atoms with Crippen LogP contribution < -0.4 is 22.1 Å². The Kier molecular flexibility index (Phi) is 4.09. The first-order chi connectivity index (χ1) is 8.00. The lowest BCUT2D eigenvalue weighted by Gasteiger charge is -2.07. The van der Waals surface area contributed by atoms with Gasteiger partial charge in [0.2, 0.25) is 0 Å². The Bertz CT molecular complexity index is 435. The van der Waals surface area contributed by atoms with E-state index in [1.807, 2.05) is 0 Å². The maximum atomic E-state index is 10.8. The van der Waals surface area contributed by atoms with Gasteiger partial charge in [-0.3, -0.25) is 0 Å². The Balaban J connectivity index is 2.57. The number of nitrogens with two attached hydrogens (primary N) is 2. The van der Waals surface area contributed by atoms with Gasteiger partial charge in [-0.05, 0) is 6.07 Å². The SMILES string of the molecule is NC(=O)NCCNc1cc(C(=O)O)c(N)cn1. The number of nitrogens with zero attached hydrogens (tertiary/aromatic N) is 1. The quantitative estimate of drug-likeness (QED) is 0.436. The van der Waals surface area contributed by atoms with Gasteiger partial charge in [0.05, 0.1) is 17.4 Å². The summed E-state index contributed by atoms with van der Waals surface area (Å²) in [5.41, 5.74) is 10.4. The van der Waals surface area contributed by atoms with E-state index in [9.17, 15) is 9.59 Å². The number of aromatic nitrogens is 1. The van der Waals surface area contributed by atoms with E-state index in [-0.39, 0.29) is 11.3 Å². The Morgan fingerprint density at radius 3 is 2.71 bits per heavy atom. The predicted molar refractivity (Wildman–Crippen MR) is 61.7 cm³/mol. The molecule has 0 unspecified atom stereocenters. The number of pyridine rings is 1. The lowest BCUT2D eigenvalue weighted by Crippen LogP contribution is -2.33. The minimum Gasteiger partial charge on any atom is -0.478 e. The summed E-state index contributed by atoms with van der Waals surface area (Å²) in [6, 6.07) is 0.699. The molecule has 0 spiro atoms. The average molecular weight is 239 g/mol. The Hall–Kier alpha value is -2.51. The third-order valence-electron chi connectivity index (χ3n) is 1.90. The van der Waals surface area contributed by atoms with Crippen molar-refractivity contribution >= 4 is 23.5 Å². The number of carboxylic acids is 1. The largest absolute Gasteiger partial charge is 0.478 e. The van der Waals surface area contributed by atoms with E-state index >= 15 is 0 Å². The van der Waals surface area contributed by atoms with Gasteiger partial charge in [0, 0.05) is 13.1 Å². The summed E-state index contributed by atoms with van der Waals surface area (Å²) in [5.74, 6) is -0.758. The molecule has 0 atom stereocenters. The molecule has 0 saturated heterocycles. The minimum absolute atomic E-state index is 0.0228. The lowest BCUT2D eigenvalue weighted by molar-refractivity contribution is 0.0698. The van der Waals surface area contributed by atoms with Crippen molar-refractivity contribution in [3.8, 4) is 0 Å². The van der Waals surface area contributed by atoms with Crippen LogP contribution in [0, 0.1) is 0 Å². The number of hydrogen-bond donors (Lipinski definition) is 5. The van der Waals surface area contributed by atoms with Gasteiger partial charge >= 0.3 is 12.0 Å². The molecule has 0 aliphatic heterocycles. The summed E-state index contributed by atoms with van der Waals surface area (Å²) in [6.45, 7) is 0.683. The maximum Gasteiger partial charge on any atom is 0.337 e. The maximum absolute atomic E-state index is 10.8. The molecule has 0 bridgehead atoms. The third kappa shape index (κ3) is 3.86. The fraction of sp³-hybridized carbons (Fsp3) is 0.222. The highest BCUT2D eigenvalue weighted by Crippen LogP contribution is 2.14. The second-order valence-corrected chi connectivity index (χ2v) is 3.18. The molecule has 0 radical (unpaired) electrons. The predicted octanol–water partition coefficient (Wildman–Crippen LogP) is -0.558. The van der Waals surface area contributed by atoms with Crippen molar-refractivity contribution < 1.29 is 14.7 Å². The van der Waals surface area contributed by atoms with E-state index in [4.69, 9.17) is 16.6 Å². The molecule has 1 aromatic rings. The third-order valence-corrected chi connectivity index (χ3v) is 1.90. The fourth-order valence-electron chi connectivity index (χ4n) is 1.12. The van der Waals surface area contributed by atoms with E-state index in [0.717, 1.165) is 0 Å². The number of carbonyl (C=O) groups is 2. The Morgan fingerprint density at radius 2 is 2.12 bits per heavy atom. The van der Waals surface area contributed by atoms with Crippen molar-refractivity contribution in [2.24, 2.45) is 5.73 Å². The van der Waals surface area contributed by atoms with Gasteiger partial charge in [-0.2, -0.15) is 0 Å². The van der Waals surface area contributed by atoms with Gasteiger partial charge in [0.25, 0.3) is 0 Å². The summed E-state index contributed by atoms with van der Waals surface area (Å²) in [6.07, 6.45) is 1.26. The average Bonchev–Trinajstić information content (AvgIpc) is 2.25. The number of urea groups is 1. The number of nitrogen functional groups attached to an aromatic ring is 1. The lowest BCUT2D eigenvalue weighted by atomic mass is 10.2. The van der Waals surface area contributed by atoms with E-state index in [1.165, 1.54) is 12.3 Å². The van der Waals surface area contributed by atoms with Crippen LogP contribution in [0.2, 0.25) is 0 Å². The smallest absolute Gasteiger partial charge is 0.337 e. The molecule has 0 aliphatic carbocycles. The molecule has 0 aliphatic rings. The van der Waals surface area contributed by atoms with Gasteiger partial charge in [0.1, 0.15) is 5.82 Å². The number of rotatable bonds is 5. The zero-order valence-corrected chi connectivity index (χ0v) is 8.93. The van der Waals surface area contributed by atoms with E-state index < -0.39 is 12.0 Å². The van der Waals surface area contributed by atoms with Gasteiger partial charge < -0.3 is 27.2 Å². The topological polar surface area (TPSA) is 143 Å². The van der Waals surface area contributed by atoms with Crippen LogP contribution in [0.1, 0.15) is 10.4 Å².